The summed E-state index contributed by atoms with van der Waals surface area (Å²) in [6.07, 6.45) is 8.68. The summed E-state index contributed by atoms with van der Waals surface area (Å²) >= 11 is 0. The van der Waals surface area contributed by atoms with Crippen molar-refractivity contribution in [3.05, 3.63) is 55.0 Å². The smallest absolute Gasteiger partial charge is 0.0890 e. The third-order valence-electron chi connectivity index (χ3n) is 3.25. The monoisotopic (exact) mass is 305 g/mol. The molecule has 0 amide bonds. The second-order valence-corrected chi connectivity index (χ2v) is 5.06. The van der Waals surface area contributed by atoms with Crippen LogP contribution in [0.25, 0.3) is 10.9 Å². The van der Waals surface area contributed by atoms with Crippen LogP contribution in [-0.2, 0) is 0 Å². The molecule has 1 aromatic heterocycles. The van der Waals surface area contributed by atoms with Gasteiger partial charge in [0.05, 0.1) is 12.2 Å². The zero-order valence-corrected chi connectivity index (χ0v) is 13.6. The molecule has 3 nitrogen and oxygen atoms in total. The molecule has 0 aliphatic carbocycles. The standard InChI is InChI=1S/C9H7N.C8H16N2.ClH/c1-2-6-9-8(4-1)5-3-7-10-9;1-3-4-5-10-7-6-9(2)8-10;/h1-7H;6-7H,3-5,8H2,1-2H3;1H. The summed E-state index contributed by atoms with van der Waals surface area (Å²) in [5.41, 5.74) is 1.06. The van der Waals surface area contributed by atoms with E-state index in [2.05, 4.69) is 53.3 Å². The second-order valence-electron chi connectivity index (χ2n) is 5.06. The van der Waals surface area contributed by atoms with Crippen LogP contribution in [0, 0.1) is 0 Å². The van der Waals surface area contributed by atoms with Gasteiger partial charge in [-0.3, -0.25) is 4.98 Å². The summed E-state index contributed by atoms with van der Waals surface area (Å²) in [4.78, 5) is 8.71. The molecule has 21 heavy (non-hydrogen) atoms. The van der Waals surface area contributed by atoms with Gasteiger partial charge in [0.15, 0.2) is 0 Å². The summed E-state index contributed by atoms with van der Waals surface area (Å²) in [5, 5.41) is 1.20. The third-order valence-corrected chi connectivity index (χ3v) is 3.25. The number of halogens is 1. The number of benzene rings is 1. The summed E-state index contributed by atoms with van der Waals surface area (Å²) in [7, 11) is 2.10. The summed E-state index contributed by atoms with van der Waals surface area (Å²) < 4.78 is 0. The number of hydrogen-bond acceptors (Lipinski definition) is 3. The second kappa shape index (κ2) is 9.24. The van der Waals surface area contributed by atoms with E-state index in [0.717, 1.165) is 12.2 Å². The first-order valence-electron chi connectivity index (χ1n) is 7.22. The maximum absolute atomic E-state index is 4.18. The Morgan fingerprint density at radius 3 is 2.52 bits per heavy atom. The lowest BCUT2D eigenvalue weighted by Gasteiger charge is -2.17. The Hall–Kier alpha value is -1.74. The molecule has 2 aromatic rings. The van der Waals surface area contributed by atoms with E-state index < -0.39 is 0 Å². The van der Waals surface area contributed by atoms with Gasteiger partial charge in [-0.05, 0) is 18.6 Å². The van der Waals surface area contributed by atoms with Crippen LogP contribution >= 0.6 is 12.4 Å². The van der Waals surface area contributed by atoms with E-state index in [-0.39, 0.29) is 12.4 Å². The highest BCUT2D eigenvalue weighted by atomic mass is 35.5. The van der Waals surface area contributed by atoms with Crippen molar-refractivity contribution in [3.8, 4) is 0 Å². The van der Waals surface area contributed by atoms with Crippen molar-refractivity contribution >= 4 is 23.3 Å². The lowest BCUT2D eigenvalue weighted by atomic mass is 10.2. The van der Waals surface area contributed by atoms with Crippen molar-refractivity contribution in [3.63, 3.8) is 0 Å². The van der Waals surface area contributed by atoms with Gasteiger partial charge in [0.25, 0.3) is 0 Å². The Labute approximate surface area is 133 Å². The van der Waals surface area contributed by atoms with Crippen LogP contribution < -0.4 is 0 Å². The van der Waals surface area contributed by atoms with Gasteiger partial charge in [-0.15, -0.1) is 12.4 Å². The Morgan fingerprint density at radius 2 is 1.86 bits per heavy atom. The summed E-state index contributed by atoms with van der Waals surface area (Å²) in [6, 6.07) is 12.1. The van der Waals surface area contributed by atoms with Crippen molar-refractivity contribution in [1.82, 2.24) is 14.8 Å². The van der Waals surface area contributed by atoms with E-state index in [0.29, 0.717) is 0 Å². The first-order chi connectivity index (χ1) is 9.79. The fourth-order valence-corrected chi connectivity index (χ4v) is 2.11. The maximum atomic E-state index is 4.18. The van der Waals surface area contributed by atoms with Gasteiger partial charge in [0, 0.05) is 37.6 Å². The highest BCUT2D eigenvalue weighted by Gasteiger charge is 2.05. The minimum atomic E-state index is 0. The minimum absolute atomic E-state index is 0. The fourth-order valence-electron chi connectivity index (χ4n) is 2.11. The van der Waals surface area contributed by atoms with Crippen LogP contribution in [0.5, 0.6) is 0 Å². The van der Waals surface area contributed by atoms with Crippen LogP contribution in [0.4, 0.5) is 0 Å². The average Bonchev–Trinajstić information content (AvgIpc) is 2.91. The molecule has 3 rings (SSSR count). The normalized spacial score (nSPS) is 12.9. The number of pyridine rings is 1. The van der Waals surface area contributed by atoms with Crippen LogP contribution in [-0.4, -0.2) is 35.0 Å². The van der Waals surface area contributed by atoms with Crippen molar-refractivity contribution in [2.24, 2.45) is 0 Å². The van der Waals surface area contributed by atoms with Gasteiger partial charge in [0.2, 0.25) is 0 Å². The summed E-state index contributed by atoms with van der Waals surface area (Å²) in [6.45, 7) is 4.50. The Kier molecular flexibility index (Phi) is 7.62. The number of aromatic nitrogens is 1. The zero-order valence-electron chi connectivity index (χ0n) is 12.8. The SMILES string of the molecule is CCCCN1C=CN(C)C1.Cl.c1ccc2ncccc2c1. The number of hydrogen-bond donors (Lipinski definition) is 0. The number of nitrogens with zero attached hydrogens (tertiary/aromatic N) is 3. The first kappa shape index (κ1) is 17.3. The Bertz CT molecular complexity index is 491. The van der Waals surface area contributed by atoms with Gasteiger partial charge in [0.1, 0.15) is 0 Å². The highest BCUT2D eigenvalue weighted by Crippen LogP contribution is 2.08. The van der Waals surface area contributed by atoms with Gasteiger partial charge >= 0.3 is 0 Å². The molecule has 1 aromatic carbocycles. The molecular formula is C17H24ClN3. The number of rotatable bonds is 3. The van der Waals surface area contributed by atoms with Crippen molar-refractivity contribution in [1.29, 1.82) is 0 Å². The molecular weight excluding hydrogens is 282 g/mol. The lowest BCUT2D eigenvalue weighted by Crippen LogP contribution is -2.23. The zero-order chi connectivity index (χ0) is 14.2. The lowest BCUT2D eigenvalue weighted by molar-refractivity contribution is 0.293. The van der Waals surface area contributed by atoms with Crippen LogP contribution in [0.15, 0.2) is 55.0 Å². The van der Waals surface area contributed by atoms with E-state index in [1.807, 2.05) is 30.5 Å². The van der Waals surface area contributed by atoms with Crippen LogP contribution in [0.2, 0.25) is 0 Å². The largest absolute Gasteiger partial charge is 0.362 e. The van der Waals surface area contributed by atoms with Gasteiger partial charge in [-0.1, -0.05) is 37.6 Å². The molecule has 2 heterocycles. The molecule has 0 radical (unpaired) electrons. The van der Waals surface area contributed by atoms with Crippen LogP contribution in [0.3, 0.4) is 0 Å². The van der Waals surface area contributed by atoms with E-state index in [4.69, 9.17) is 0 Å². The van der Waals surface area contributed by atoms with Crippen molar-refractivity contribution < 1.29 is 0 Å². The Balaban J connectivity index is 0.000000200. The topological polar surface area (TPSA) is 19.4 Å². The Morgan fingerprint density at radius 1 is 1.10 bits per heavy atom. The fraction of sp³-hybridized carbons (Fsp3) is 0.353. The molecule has 1 aliphatic heterocycles. The molecule has 0 atom stereocenters. The molecule has 1 aliphatic rings. The number of para-hydroxylation sites is 1. The molecule has 0 unspecified atom stereocenters. The molecule has 0 spiro atoms. The molecule has 0 saturated carbocycles. The molecule has 4 heteroatoms. The van der Waals surface area contributed by atoms with Gasteiger partial charge in [-0.25, -0.2) is 0 Å². The molecule has 0 bridgehead atoms. The molecule has 0 N–H and O–H groups in total. The van der Waals surface area contributed by atoms with E-state index in [1.54, 1.807) is 0 Å². The predicted molar refractivity (Wildman–Crippen MR) is 92.4 cm³/mol. The van der Waals surface area contributed by atoms with Crippen LogP contribution in [0.1, 0.15) is 19.8 Å². The summed E-state index contributed by atoms with van der Waals surface area (Å²) in [5.74, 6) is 0. The van der Waals surface area contributed by atoms with Crippen molar-refractivity contribution in [2.45, 2.75) is 19.8 Å². The van der Waals surface area contributed by atoms with Gasteiger partial charge < -0.3 is 9.80 Å². The minimum Gasteiger partial charge on any atom is -0.362 e. The number of unbranched alkanes of at least 4 members (excludes halogenated alkanes) is 1. The third kappa shape index (κ3) is 5.64. The van der Waals surface area contributed by atoms with E-state index in [9.17, 15) is 0 Å². The van der Waals surface area contributed by atoms with Gasteiger partial charge in [-0.2, -0.15) is 0 Å². The highest BCUT2D eigenvalue weighted by molar-refractivity contribution is 5.85. The van der Waals surface area contributed by atoms with Crippen molar-refractivity contribution in [2.75, 3.05) is 20.3 Å². The maximum Gasteiger partial charge on any atom is 0.0890 e. The van der Waals surface area contributed by atoms with E-state index >= 15 is 0 Å². The molecule has 0 saturated heterocycles. The quantitative estimate of drug-likeness (QED) is 0.850. The molecule has 114 valence electrons. The number of fused-ring (bicyclic) bond motifs is 1. The first-order valence-corrected chi connectivity index (χ1v) is 7.22. The molecule has 0 fully saturated rings. The predicted octanol–water partition coefficient (Wildman–Crippen LogP) is 4.12. The van der Waals surface area contributed by atoms with E-state index in [1.165, 1.54) is 24.8 Å². The average molecular weight is 306 g/mol.